The second-order valence-corrected chi connectivity index (χ2v) is 4.02. The number of aliphatic imine (C=N–C) groups is 1. The summed E-state index contributed by atoms with van der Waals surface area (Å²) in [6, 6.07) is 0. The monoisotopic (exact) mass is 169 g/mol. The van der Waals surface area contributed by atoms with Crippen molar-refractivity contribution in [3.8, 4) is 0 Å². The Morgan fingerprint density at radius 2 is 2.25 bits per heavy atom. The molecular formula is C10H19NO. The second-order valence-electron chi connectivity index (χ2n) is 4.02. The zero-order chi connectivity index (χ0) is 9.03. The predicted octanol–water partition coefficient (Wildman–Crippen LogP) is 2.77. The van der Waals surface area contributed by atoms with Gasteiger partial charge in [-0.05, 0) is 20.3 Å². The van der Waals surface area contributed by atoms with Crippen LogP contribution in [0.3, 0.4) is 0 Å². The van der Waals surface area contributed by atoms with Gasteiger partial charge in [0.1, 0.15) is 0 Å². The molecule has 0 saturated carbocycles. The molecule has 1 aliphatic rings. The highest BCUT2D eigenvalue weighted by Crippen LogP contribution is 2.20. The number of nitrogens with zero attached hydrogens (tertiary/aromatic N) is 1. The van der Waals surface area contributed by atoms with E-state index in [1.54, 1.807) is 0 Å². The molecule has 0 spiro atoms. The van der Waals surface area contributed by atoms with E-state index in [9.17, 15) is 0 Å². The Morgan fingerprint density at radius 1 is 1.50 bits per heavy atom. The first-order valence-electron chi connectivity index (χ1n) is 4.85. The van der Waals surface area contributed by atoms with Crippen LogP contribution >= 0.6 is 0 Å². The van der Waals surface area contributed by atoms with Crippen LogP contribution in [0, 0.1) is 0 Å². The van der Waals surface area contributed by atoms with Crippen LogP contribution in [0.5, 0.6) is 0 Å². The smallest absolute Gasteiger partial charge is 0.183 e. The van der Waals surface area contributed by atoms with Crippen molar-refractivity contribution >= 4 is 5.90 Å². The van der Waals surface area contributed by atoms with Crippen LogP contribution in [0.2, 0.25) is 0 Å². The summed E-state index contributed by atoms with van der Waals surface area (Å²) in [5, 5.41) is 0. The highest BCUT2D eigenvalue weighted by molar-refractivity contribution is 5.77. The Kier molecular flexibility index (Phi) is 3.12. The highest BCUT2D eigenvalue weighted by Gasteiger charge is 2.22. The van der Waals surface area contributed by atoms with E-state index in [1.165, 1.54) is 12.8 Å². The van der Waals surface area contributed by atoms with Crippen molar-refractivity contribution in [1.82, 2.24) is 0 Å². The van der Waals surface area contributed by atoms with E-state index >= 15 is 0 Å². The van der Waals surface area contributed by atoms with Gasteiger partial charge in [0.25, 0.3) is 0 Å². The highest BCUT2D eigenvalue weighted by atomic mass is 16.5. The van der Waals surface area contributed by atoms with Crippen molar-refractivity contribution in [1.29, 1.82) is 0 Å². The summed E-state index contributed by atoms with van der Waals surface area (Å²) >= 11 is 0. The van der Waals surface area contributed by atoms with Crippen LogP contribution in [0.4, 0.5) is 0 Å². The zero-order valence-corrected chi connectivity index (χ0v) is 8.39. The molecule has 1 heterocycles. The largest absolute Gasteiger partial charge is 0.481 e. The average Bonchev–Trinajstić information content (AvgIpc) is 1.99. The van der Waals surface area contributed by atoms with Gasteiger partial charge in [-0.2, -0.15) is 0 Å². The summed E-state index contributed by atoms with van der Waals surface area (Å²) in [5.74, 6) is 0.966. The fraction of sp³-hybridized carbons (Fsp3) is 0.900. The molecule has 0 bridgehead atoms. The standard InChI is InChI=1S/C10H19NO/c1-4-5-6-9-11-10(2,3)7-8-12-9/h4-8H2,1-3H3. The molecule has 0 amide bonds. The number of rotatable bonds is 3. The van der Waals surface area contributed by atoms with Gasteiger partial charge in [-0.3, -0.25) is 0 Å². The first-order chi connectivity index (χ1) is 5.64. The third-order valence-corrected chi connectivity index (χ3v) is 2.15. The molecule has 0 N–H and O–H groups in total. The molecule has 1 rings (SSSR count). The van der Waals surface area contributed by atoms with Crippen LogP contribution in [0.1, 0.15) is 46.5 Å². The van der Waals surface area contributed by atoms with Gasteiger partial charge in [0.2, 0.25) is 0 Å². The van der Waals surface area contributed by atoms with E-state index in [0.29, 0.717) is 0 Å². The summed E-state index contributed by atoms with van der Waals surface area (Å²) < 4.78 is 5.47. The molecule has 1 aliphatic heterocycles. The fourth-order valence-corrected chi connectivity index (χ4v) is 1.30. The van der Waals surface area contributed by atoms with Crippen LogP contribution in [0.15, 0.2) is 4.99 Å². The van der Waals surface area contributed by atoms with E-state index in [4.69, 9.17) is 4.74 Å². The number of hydrogen-bond donors (Lipinski definition) is 0. The Bertz CT molecular complexity index is 173. The van der Waals surface area contributed by atoms with Crippen molar-refractivity contribution < 1.29 is 4.74 Å². The molecule has 0 aliphatic carbocycles. The van der Waals surface area contributed by atoms with Crippen molar-refractivity contribution in [2.45, 2.75) is 52.0 Å². The average molecular weight is 169 g/mol. The summed E-state index contributed by atoms with van der Waals surface area (Å²) in [5.41, 5.74) is 0.112. The molecular weight excluding hydrogens is 150 g/mol. The maximum absolute atomic E-state index is 5.47. The minimum absolute atomic E-state index is 0.112. The van der Waals surface area contributed by atoms with E-state index in [0.717, 1.165) is 25.3 Å². The normalized spacial score (nSPS) is 21.4. The topological polar surface area (TPSA) is 21.6 Å². The molecule has 12 heavy (non-hydrogen) atoms. The van der Waals surface area contributed by atoms with Crippen molar-refractivity contribution in [2.24, 2.45) is 4.99 Å². The van der Waals surface area contributed by atoms with Gasteiger partial charge < -0.3 is 4.74 Å². The zero-order valence-electron chi connectivity index (χ0n) is 8.39. The Hall–Kier alpha value is -0.530. The lowest BCUT2D eigenvalue weighted by atomic mass is 10.0. The van der Waals surface area contributed by atoms with Crippen LogP contribution in [-0.4, -0.2) is 18.0 Å². The summed E-state index contributed by atoms with van der Waals surface area (Å²) in [6.45, 7) is 7.37. The molecule has 0 saturated heterocycles. The van der Waals surface area contributed by atoms with Gasteiger partial charge in [-0.15, -0.1) is 0 Å². The van der Waals surface area contributed by atoms with Gasteiger partial charge in [0.05, 0.1) is 12.1 Å². The molecule has 0 aromatic heterocycles. The van der Waals surface area contributed by atoms with Gasteiger partial charge >= 0.3 is 0 Å². The van der Waals surface area contributed by atoms with Crippen molar-refractivity contribution in [3.63, 3.8) is 0 Å². The van der Waals surface area contributed by atoms with Gasteiger partial charge in [-0.25, -0.2) is 4.99 Å². The lowest BCUT2D eigenvalue weighted by molar-refractivity contribution is 0.222. The Balaban J connectivity index is 2.47. The number of hydrogen-bond acceptors (Lipinski definition) is 2. The molecule has 2 nitrogen and oxygen atoms in total. The SMILES string of the molecule is CCCCC1=NC(C)(C)CCO1. The Labute approximate surface area is 75.0 Å². The molecule has 0 unspecified atom stereocenters. The molecule has 2 heteroatoms. The van der Waals surface area contributed by atoms with E-state index in [1.807, 2.05) is 0 Å². The van der Waals surface area contributed by atoms with Crippen LogP contribution in [-0.2, 0) is 4.74 Å². The van der Waals surface area contributed by atoms with E-state index in [-0.39, 0.29) is 5.54 Å². The molecule has 0 aromatic carbocycles. The van der Waals surface area contributed by atoms with Gasteiger partial charge in [0.15, 0.2) is 5.90 Å². The molecule has 0 aromatic rings. The molecule has 0 atom stereocenters. The first kappa shape index (κ1) is 9.56. The van der Waals surface area contributed by atoms with Gasteiger partial charge in [0, 0.05) is 12.8 Å². The minimum atomic E-state index is 0.112. The lowest BCUT2D eigenvalue weighted by Crippen LogP contribution is -2.28. The van der Waals surface area contributed by atoms with E-state index < -0.39 is 0 Å². The van der Waals surface area contributed by atoms with Gasteiger partial charge in [-0.1, -0.05) is 13.3 Å². The van der Waals surface area contributed by atoms with Crippen LogP contribution in [0.25, 0.3) is 0 Å². The number of ether oxygens (including phenoxy) is 1. The van der Waals surface area contributed by atoms with E-state index in [2.05, 4.69) is 25.8 Å². The third-order valence-electron chi connectivity index (χ3n) is 2.15. The number of unbranched alkanes of at least 4 members (excludes halogenated alkanes) is 1. The first-order valence-corrected chi connectivity index (χ1v) is 4.85. The molecule has 70 valence electrons. The summed E-state index contributed by atoms with van der Waals surface area (Å²) in [6.07, 6.45) is 4.46. The quantitative estimate of drug-likeness (QED) is 0.636. The fourth-order valence-electron chi connectivity index (χ4n) is 1.30. The summed E-state index contributed by atoms with van der Waals surface area (Å²) in [4.78, 5) is 4.55. The third kappa shape index (κ3) is 2.84. The molecule has 0 fully saturated rings. The van der Waals surface area contributed by atoms with Crippen molar-refractivity contribution in [3.05, 3.63) is 0 Å². The van der Waals surface area contributed by atoms with Crippen molar-refractivity contribution in [2.75, 3.05) is 6.61 Å². The maximum atomic E-state index is 5.47. The minimum Gasteiger partial charge on any atom is -0.481 e. The predicted molar refractivity (Wildman–Crippen MR) is 51.6 cm³/mol. The second kappa shape index (κ2) is 3.92. The molecule has 0 radical (unpaired) electrons. The Morgan fingerprint density at radius 3 is 2.83 bits per heavy atom. The lowest BCUT2D eigenvalue weighted by Gasteiger charge is -2.26. The maximum Gasteiger partial charge on any atom is 0.183 e. The summed E-state index contributed by atoms with van der Waals surface area (Å²) in [7, 11) is 0. The van der Waals surface area contributed by atoms with Crippen LogP contribution < -0.4 is 0 Å².